The number of nitrogens with one attached hydrogen (secondary N) is 1. The molecule has 0 spiro atoms. The van der Waals surface area contributed by atoms with Crippen molar-refractivity contribution in [3.63, 3.8) is 0 Å². The molecular weight excluding hydrogens is 138 g/mol. The minimum absolute atomic E-state index is 0.699. The third-order valence-electron chi connectivity index (χ3n) is 1.75. The lowest BCUT2D eigenvalue weighted by Crippen LogP contribution is -2.23. The summed E-state index contributed by atoms with van der Waals surface area (Å²) < 4.78 is 5.36. The van der Waals surface area contributed by atoms with Crippen LogP contribution in [0.25, 0.3) is 0 Å². The number of ether oxygens (including phenoxy) is 1. The maximum atomic E-state index is 5.36. The molecule has 0 fully saturated rings. The number of rotatable bonds is 7. The smallest absolute Gasteiger partial charge is 0.0506 e. The Balaban J connectivity index is 3.34. The normalized spacial score (nSPS) is 13.4. The van der Waals surface area contributed by atoms with E-state index < -0.39 is 0 Å². The number of hydrogen-bond acceptors (Lipinski definition) is 2. The van der Waals surface area contributed by atoms with Crippen molar-refractivity contribution in [1.29, 1.82) is 0 Å². The highest BCUT2D eigenvalue weighted by atomic mass is 16.5. The maximum Gasteiger partial charge on any atom is 0.0506 e. The molecule has 2 heteroatoms. The van der Waals surface area contributed by atoms with Gasteiger partial charge in [0, 0.05) is 6.61 Å². The van der Waals surface area contributed by atoms with Crippen molar-refractivity contribution < 1.29 is 4.74 Å². The Bertz CT molecular complexity index is 70.0. The summed E-state index contributed by atoms with van der Waals surface area (Å²) in [6.07, 6.45) is 2.51. The molecule has 0 rings (SSSR count). The van der Waals surface area contributed by atoms with Crippen LogP contribution in [-0.2, 0) is 4.74 Å². The molecule has 11 heavy (non-hydrogen) atoms. The molecule has 1 atom stereocenters. The van der Waals surface area contributed by atoms with E-state index in [1.54, 1.807) is 0 Å². The van der Waals surface area contributed by atoms with Gasteiger partial charge in [0.15, 0.2) is 0 Å². The SMILES string of the molecule is CCCC(CNC)COCC. The molecule has 0 aromatic carbocycles. The van der Waals surface area contributed by atoms with Crippen LogP contribution >= 0.6 is 0 Å². The van der Waals surface area contributed by atoms with E-state index in [9.17, 15) is 0 Å². The molecule has 0 aromatic rings. The Morgan fingerprint density at radius 1 is 1.36 bits per heavy atom. The summed E-state index contributed by atoms with van der Waals surface area (Å²) in [5, 5.41) is 3.18. The molecule has 0 aliphatic heterocycles. The lowest BCUT2D eigenvalue weighted by Gasteiger charge is -2.14. The Hall–Kier alpha value is -0.0800. The molecule has 0 saturated heterocycles. The average Bonchev–Trinajstić information content (AvgIpc) is 2.01. The molecule has 0 heterocycles. The predicted molar refractivity (Wildman–Crippen MR) is 48.8 cm³/mol. The van der Waals surface area contributed by atoms with Gasteiger partial charge in [-0.05, 0) is 32.9 Å². The van der Waals surface area contributed by atoms with Crippen molar-refractivity contribution >= 4 is 0 Å². The van der Waals surface area contributed by atoms with Gasteiger partial charge in [0.05, 0.1) is 6.61 Å². The van der Waals surface area contributed by atoms with E-state index in [0.717, 1.165) is 19.8 Å². The zero-order chi connectivity index (χ0) is 8.53. The van der Waals surface area contributed by atoms with E-state index in [1.807, 2.05) is 14.0 Å². The molecule has 0 aromatic heterocycles. The molecular formula is C9H21NO. The third-order valence-corrected chi connectivity index (χ3v) is 1.75. The van der Waals surface area contributed by atoms with Gasteiger partial charge in [-0.1, -0.05) is 13.3 Å². The van der Waals surface area contributed by atoms with E-state index in [2.05, 4.69) is 12.2 Å². The predicted octanol–water partition coefficient (Wildman–Crippen LogP) is 1.66. The van der Waals surface area contributed by atoms with E-state index in [1.165, 1.54) is 12.8 Å². The molecule has 0 amide bonds. The van der Waals surface area contributed by atoms with Crippen LogP contribution in [0.4, 0.5) is 0 Å². The van der Waals surface area contributed by atoms with Crippen molar-refractivity contribution in [2.45, 2.75) is 26.7 Å². The van der Waals surface area contributed by atoms with Crippen LogP contribution in [0, 0.1) is 5.92 Å². The largest absolute Gasteiger partial charge is 0.381 e. The maximum absolute atomic E-state index is 5.36. The second-order valence-corrected chi connectivity index (χ2v) is 2.87. The summed E-state index contributed by atoms with van der Waals surface area (Å²) in [6, 6.07) is 0. The van der Waals surface area contributed by atoms with Gasteiger partial charge >= 0.3 is 0 Å². The number of hydrogen-bond donors (Lipinski definition) is 1. The van der Waals surface area contributed by atoms with Crippen molar-refractivity contribution in [2.75, 3.05) is 26.8 Å². The quantitative estimate of drug-likeness (QED) is 0.610. The van der Waals surface area contributed by atoms with Gasteiger partial charge in [-0.2, -0.15) is 0 Å². The van der Waals surface area contributed by atoms with Gasteiger partial charge in [0.2, 0.25) is 0 Å². The van der Waals surface area contributed by atoms with E-state index >= 15 is 0 Å². The Morgan fingerprint density at radius 2 is 2.09 bits per heavy atom. The van der Waals surface area contributed by atoms with Crippen molar-refractivity contribution in [2.24, 2.45) is 5.92 Å². The Morgan fingerprint density at radius 3 is 2.55 bits per heavy atom. The minimum atomic E-state index is 0.699. The lowest BCUT2D eigenvalue weighted by atomic mass is 10.1. The third kappa shape index (κ3) is 6.32. The molecule has 0 aliphatic rings. The zero-order valence-corrected chi connectivity index (χ0v) is 8.02. The van der Waals surface area contributed by atoms with Crippen molar-refractivity contribution in [3.05, 3.63) is 0 Å². The topological polar surface area (TPSA) is 21.3 Å². The first kappa shape index (κ1) is 10.9. The molecule has 68 valence electrons. The van der Waals surface area contributed by atoms with Crippen LogP contribution < -0.4 is 5.32 Å². The first-order valence-electron chi connectivity index (χ1n) is 4.57. The molecule has 2 nitrogen and oxygen atoms in total. The fraction of sp³-hybridized carbons (Fsp3) is 1.00. The van der Waals surface area contributed by atoms with Gasteiger partial charge in [0.25, 0.3) is 0 Å². The van der Waals surface area contributed by atoms with Gasteiger partial charge in [-0.3, -0.25) is 0 Å². The minimum Gasteiger partial charge on any atom is -0.381 e. The van der Waals surface area contributed by atoms with E-state index in [4.69, 9.17) is 4.74 Å². The molecule has 1 unspecified atom stereocenters. The van der Waals surface area contributed by atoms with Gasteiger partial charge in [0.1, 0.15) is 0 Å². The second-order valence-electron chi connectivity index (χ2n) is 2.87. The fourth-order valence-electron chi connectivity index (χ4n) is 1.23. The highest BCUT2D eigenvalue weighted by Crippen LogP contribution is 2.05. The fourth-order valence-corrected chi connectivity index (χ4v) is 1.23. The molecule has 0 saturated carbocycles. The van der Waals surface area contributed by atoms with Crippen LogP contribution in [0.5, 0.6) is 0 Å². The summed E-state index contributed by atoms with van der Waals surface area (Å²) in [6.45, 7) is 7.08. The summed E-state index contributed by atoms with van der Waals surface area (Å²) in [7, 11) is 1.99. The zero-order valence-electron chi connectivity index (χ0n) is 8.02. The molecule has 1 N–H and O–H groups in total. The molecule has 0 aliphatic carbocycles. The summed E-state index contributed by atoms with van der Waals surface area (Å²) >= 11 is 0. The van der Waals surface area contributed by atoms with Crippen molar-refractivity contribution in [3.8, 4) is 0 Å². The van der Waals surface area contributed by atoms with E-state index in [0.29, 0.717) is 5.92 Å². The van der Waals surface area contributed by atoms with Crippen LogP contribution in [0.1, 0.15) is 26.7 Å². The lowest BCUT2D eigenvalue weighted by molar-refractivity contribution is 0.107. The standard InChI is InChI=1S/C9H21NO/c1-4-6-9(7-10-3)8-11-5-2/h9-10H,4-8H2,1-3H3. The molecule has 0 radical (unpaired) electrons. The second kappa shape index (κ2) is 8.02. The molecule has 0 bridgehead atoms. The first-order chi connectivity index (χ1) is 5.35. The van der Waals surface area contributed by atoms with Crippen LogP contribution in [0.3, 0.4) is 0 Å². The highest BCUT2D eigenvalue weighted by Gasteiger charge is 2.05. The average molecular weight is 159 g/mol. The van der Waals surface area contributed by atoms with Gasteiger partial charge in [-0.25, -0.2) is 0 Å². The summed E-state index contributed by atoms with van der Waals surface area (Å²) in [5.41, 5.74) is 0. The van der Waals surface area contributed by atoms with Gasteiger partial charge < -0.3 is 10.1 Å². The monoisotopic (exact) mass is 159 g/mol. The summed E-state index contributed by atoms with van der Waals surface area (Å²) in [5.74, 6) is 0.699. The van der Waals surface area contributed by atoms with Crippen LogP contribution in [0.2, 0.25) is 0 Å². The summed E-state index contributed by atoms with van der Waals surface area (Å²) in [4.78, 5) is 0. The van der Waals surface area contributed by atoms with Gasteiger partial charge in [-0.15, -0.1) is 0 Å². The Kier molecular flexibility index (Phi) is 7.96. The first-order valence-corrected chi connectivity index (χ1v) is 4.57. The van der Waals surface area contributed by atoms with E-state index in [-0.39, 0.29) is 0 Å². The van der Waals surface area contributed by atoms with Crippen LogP contribution in [0.15, 0.2) is 0 Å². The Labute approximate surface area is 70.3 Å². The van der Waals surface area contributed by atoms with Crippen molar-refractivity contribution in [1.82, 2.24) is 5.32 Å². The highest BCUT2D eigenvalue weighted by molar-refractivity contribution is 4.59. The van der Waals surface area contributed by atoms with Crippen LogP contribution in [-0.4, -0.2) is 26.8 Å².